The lowest BCUT2D eigenvalue weighted by Gasteiger charge is -2.06. The van der Waals surface area contributed by atoms with E-state index in [4.69, 9.17) is 4.74 Å². The van der Waals surface area contributed by atoms with Gasteiger partial charge in [-0.05, 0) is 30.3 Å². The molecule has 0 bridgehead atoms. The van der Waals surface area contributed by atoms with E-state index >= 15 is 0 Å². The van der Waals surface area contributed by atoms with Crippen molar-refractivity contribution in [2.75, 3.05) is 7.11 Å². The maximum Gasteiger partial charge on any atom is 0.340 e. The van der Waals surface area contributed by atoms with Gasteiger partial charge in [0.1, 0.15) is 5.82 Å². The first-order valence-corrected chi connectivity index (χ1v) is 7.18. The van der Waals surface area contributed by atoms with E-state index in [1.165, 1.54) is 7.11 Å². The largest absolute Gasteiger partial charge is 0.465 e. The molecule has 0 spiro atoms. The Morgan fingerprint density at radius 3 is 2.83 bits per heavy atom. The number of fused-ring (bicyclic) bond motifs is 2. The quantitative estimate of drug-likeness (QED) is 0.575. The Labute approximate surface area is 132 Å². The molecule has 5 nitrogen and oxygen atoms in total. The number of nitrogens with one attached hydrogen (secondary N) is 1. The first-order valence-electron chi connectivity index (χ1n) is 7.18. The summed E-state index contributed by atoms with van der Waals surface area (Å²) in [5.74, 6) is 0.300. The van der Waals surface area contributed by atoms with Crippen molar-refractivity contribution in [2.45, 2.75) is 0 Å². The Morgan fingerprint density at radius 1 is 1.13 bits per heavy atom. The summed E-state index contributed by atoms with van der Waals surface area (Å²) in [7, 11) is 1.37. The number of aromatic amines is 1. The van der Waals surface area contributed by atoms with E-state index in [-0.39, 0.29) is 0 Å². The number of benzene rings is 2. The number of hydrogen-bond acceptors (Lipinski definition) is 4. The Morgan fingerprint density at radius 2 is 2.00 bits per heavy atom. The van der Waals surface area contributed by atoms with Crippen LogP contribution in [0.5, 0.6) is 0 Å². The van der Waals surface area contributed by atoms with Gasteiger partial charge in [0.25, 0.3) is 0 Å². The van der Waals surface area contributed by atoms with Crippen LogP contribution < -0.4 is 0 Å². The van der Waals surface area contributed by atoms with Gasteiger partial charge in [-0.3, -0.25) is 4.98 Å². The molecule has 112 valence electrons. The molecule has 0 saturated heterocycles. The minimum absolute atomic E-state index is 0.410. The highest BCUT2D eigenvalue weighted by molar-refractivity contribution is 6.04. The fraction of sp³-hybridized carbons (Fsp3) is 0.0556. The summed E-state index contributed by atoms with van der Waals surface area (Å²) in [5, 5.41) is 0.867. The average Bonchev–Trinajstić information content (AvgIpc) is 3.04. The second-order valence-electron chi connectivity index (χ2n) is 5.19. The van der Waals surface area contributed by atoms with Crippen LogP contribution in [-0.4, -0.2) is 28.0 Å². The Hall–Kier alpha value is -3.21. The predicted octanol–water partition coefficient (Wildman–Crippen LogP) is 3.56. The van der Waals surface area contributed by atoms with Crippen molar-refractivity contribution >= 4 is 27.9 Å². The van der Waals surface area contributed by atoms with E-state index in [1.54, 1.807) is 12.3 Å². The van der Waals surface area contributed by atoms with Crippen LogP contribution in [0.4, 0.5) is 0 Å². The monoisotopic (exact) mass is 303 g/mol. The van der Waals surface area contributed by atoms with Gasteiger partial charge in [0.05, 0.1) is 29.2 Å². The van der Waals surface area contributed by atoms with Gasteiger partial charge in [-0.2, -0.15) is 0 Å². The molecule has 23 heavy (non-hydrogen) atoms. The predicted molar refractivity (Wildman–Crippen MR) is 88.2 cm³/mol. The summed E-state index contributed by atoms with van der Waals surface area (Å²) in [6.45, 7) is 0. The summed E-state index contributed by atoms with van der Waals surface area (Å²) in [6.07, 6.45) is 1.66. The third kappa shape index (κ3) is 2.23. The minimum atomic E-state index is -0.410. The zero-order valence-electron chi connectivity index (χ0n) is 12.4. The number of rotatable bonds is 2. The maximum absolute atomic E-state index is 12.1. The smallest absolute Gasteiger partial charge is 0.340 e. The number of carbonyl (C=O) groups is 1. The number of nitrogens with zero attached hydrogens (tertiary/aromatic N) is 2. The van der Waals surface area contributed by atoms with Crippen molar-refractivity contribution in [2.24, 2.45) is 0 Å². The van der Waals surface area contributed by atoms with Crippen LogP contribution in [0.1, 0.15) is 10.4 Å². The van der Waals surface area contributed by atoms with Crippen molar-refractivity contribution in [1.29, 1.82) is 0 Å². The Balaban J connectivity index is 1.98. The molecule has 4 aromatic rings. The van der Waals surface area contributed by atoms with E-state index in [0.29, 0.717) is 16.9 Å². The number of imidazole rings is 1. The number of hydrogen-bond donors (Lipinski definition) is 1. The highest BCUT2D eigenvalue weighted by atomic mass is 16.5. The van der Waals surface area contributed by atoms with Crippen molar-refractivity contribution in [3.63, 3.8) is 0 Å². The highest BCUT2D eigenvalue weighted by Crippen LogP contribution is 2.27. The zero-order chi connectivity index (χ0) is 15.8. The van der Waals surface area contributed by atoms with Crippen LogP contribution >= 0.6 is 0 Å². The molecule has 0 aliphatic heterocycles. The highest BCUT2D eigenvalue weighted by Gasteiger charge is 2.15. The van der Waals surface area contributed by atoms with E-state index in [1.807, 2.05) is 42.5 Å². The van der Waals surface area contributed by atoms with Crippen LogP contribution in [-0.2, 0) is 4.74 Å². The molecule has 0 saturated carbocycles. The Bertz CT molecular complexity index is 1000. The van der Waals surface area contributed by atoms with Crippen molar-refractivity contribution in [1.82, 2.24) is 15.0 Å². The number of carbonyl (C=O) groups excluding carboxylic acids is 1. The number of methoxy groups -OCH3 is 1. The van der Waals surface area contributed by atoms with Crippen LogP contribution in [0.25, 0.3) is 33.3 Å². The average molecular weight is 303 g/mol. The lowest BCUT2D eigenvalue weighted by atomic mass is 10.0. The fourth-order valence-corrected chi connectivity index (χ4v) is 2.68. The number of ether oxygens (including phenoxy) is 1. The first-order chi connectivity index (χ1) is 11.3. The second-order valence-corrected chi connectivity index (χ2v) is 5.19. The molecule has 0 radical (unpaired) electrons. The van der Waals surface area contributed by atoms with Crippen molar-refractivity contribution in [3.05, 3.63) is 60.3 Å². The molecule has 0 unspecified atom stereocenters. The molecule has 2 aromatic heterocycles. The normalized spacial score (nSPS) is 11.0. The molecule has 0 amide bonds. The number of H-pyrrole nitrogens is 1. The van der Waals surface area contributed by atoms with E-state index in [0.717, 1.165) is 22.0 Å². The van der Waals surface area contributed by atoms with Crippen LogP contribution in [0, 0.1) is 0 Å². The molecule has 1 N–H and O–H groups in total. The van der Waals surface area contributed by atoms with E-state index in [9.17, 15) is 4.79 Å². The van der Waals surface area contributed by atoms with E-state index in [2.05, 4.69) is 15.0 Å². The number of pyridine rings is 1. The first kappa shape index (κ1) is 13.5. The number of para-hydroxylation sites is 2. The molecule has 0 aliphatic carbocycles. The van der Waals surface area contributed by atoms with Gasteiger partial charge in [-0.15, -0.1) is 0 Å². The molecule has 5 heteroatoms. The van der Waals surface area contributed by atoms with Gasteiger partial charge in [0.2, 0.25) is 0 Å². The molecule has 0 atom stereocenters. The van der Waals surface area contributed by atoms with Crippen molar-refractivity contribution < 1.29 is 9.53 Å². The van der Waals surface area contributed by atoms with Crippen LogP contribution in [0.2, 0.25) is 0 Å². The van der Waals surface area contributed by atoms with Gasteiger partial charge in [0, 0.05) is 17.1 Å². The van der Waals surface area contributed by atoms with Gasteiger partial charge in [0.15, 0.2) is 0 Å². The Kier molecular flexibility index (Phi) is 3.05. The summed E-state index contributed by atoms with van der Waals surface area (Å²) in [6, 6.07) is 15.3. The summed E-state index contributed by atoms with van der Waals surface area (Å²) >= 11 is 0. The third-order valence-electron chi connectivity index (χ3n) is 3.77. The summed E-state index contributed by atoms with van der Waals surface area (Å²) < 4.78 is 4.88. The summed E-state index contributed by atoms with van der Waals surface area (Å²) in [5.41, 5.74) is 3.71. The topological polar surface area (TPSA) is 67.9 Å². The van der Waals surface area contributed by atoms with E-state index < -0.39 is 5.97 Å². The standard InChI is InChI=1S/C18H13N3O2/c1-23-18(22)13-10-12(9-11-5-4-8-19-16(11)13)17-20-14-6-2-3-7-15(14)21-17/h2-10H,1H3,(H,20,21). The molecular formula is C18H13N3O2. The lowest BCUT2D eigenvalue weighted by Crippen LogP contribution is -2.03. The maximum atomic E-state index is 12.1. The third-order valence-corrected chi connectivity index (χ3v) is 3.77. The SMILES string of the molecule is COC(=O)c1cc(-c2nc3ccccc3[nH]2)cc2cccnc12. The minimum Gasteiger partial charge on any atom is -0.465 e. The van der Waals surface area contributed by atoms with Gasteiger partial charge in [-0.1, -0.05) is 18.2 Å². The van der Waals surface area contributed by atoms with Crippen molar-refractivity contribution in [3.8, 4) is 11.4 Å². The number of aromatic nitrogens is 3. The molecule has 2 aromatic carbocycles. The summed E-state index contributed by atoms with van der Waals surface area (Å²) in [4.78, 5) is 24.3. The van der Waals surface area contributed by atoms with Gasteiger partial charge < -0.3 is 9.72 Å². The second kappa shape index (κ2) is 5.21. The number of esters is 1. The zero-order valence-corrected chi connectivity index (χ0v) is 12.4. The van der Waals surface area contributed by atoms with Gasteiger partial charge >= 0.3 is 5.97 Å². The molecule has 2 heterocycles. The lowest BCUT2D eigenvalue weighted by molar-refractivity contribution is 0.0603. The molecule has 0 fully saturated rings. The fourth-order valence-electron chi connectivity index (χ4n) is 2.68. The van der Waals surface area contributed by atoms with Gasteiger partial charge in [-0.25, -0.2) is 9.78 Å². The molecule has 0 aliphatic rings. The van der Waals surface area contributed by atoms with Crippen LogP contribution in [0.3, 0.4) is 0 Å². The molecule has 4 rings (SSSR count). The van der Waals surface area contributed by atoms with Crippen LogP contribution in [0.15, 0.2) is 54.7 Å². The molecular weight excluding hydrogens is 290 g/mol.